The van der Waals surface area contributed by atoms with Gasteiger partial charge in [-0.2, -0.15) is 0 Å². The van der Waals surface area contributed by atoms with Crippen LogP contribution in [0.4, 0.5) is 0 Å². The van der Waals surface area contributed by atoms with Gasteiger partial charge in [0.15, 0.2) is 5.58 Å². The van der Waals surface area contributed by atoms with Gasteiger partial charge in [-0.05, 0) is 76.9 Å². The zero-order chi connectivity index (χ0) is 26.9. The lowest BCUT2D eigenvalue weighted by atomic mass is 9.99. The van der Waals surface area contributed by atoms with Crippen LogP contribution in [-0.4, -0.2) is 4.57 Å². The largest absolute Gasteiger partial charge is 0.456 e. The van der Waals surface area contributed by atoms with Crippen molar-refractivity contribution < 1.29 is 8.83 Å². The first-order valence-electron chi connectivity index (χ1n) is 13.9. The van der Waals surface area contributed by atoms with Crippen molar-refractivity contribution in [3.63, 3.8) is 0 Å². The number of rotatable bonds is 3. The summed E-state index contributed by atoms with van der Waals surface area (Å²) in [6.45, 7) is 0. The Morgan fingerprint density at radius 2 is 0.951 bits per heavy atom. The smallest absolute Gasteiger partial charge is 0.161 e. The molecular weight excluding hydrogens is 502 g/mol. The van der Waals surface area contributed by atoms with Gasteiger partial charge in [0.05, 0.1) is 5.52 Å². The van der Waals surface area contributed by atoms with Crippen LogP contribution in [-0.2, 0) is 0 Å². The van der Waals surface area contributed by atoms with Crippen molar-refractivity contribution >= 4 is 54.9 Å². The van der Waals surface area contributed by atoms with Crippen LogP contribution in [0.15, 0.2) is 148 Å². The molecule has 0 atom stereocenters. The van der Waals surface area contributed by atoms with Crippen molar-refractivity contribution in [3.05, 3.63) is 140 Å². The van der Waals surface area contributed by atoms with E-state index in [4.69, 9.17) is 8.83 Å². The predicted octanol–water partition coefficient (Wildman–Crippen LogP) is 10.8. The maximum Gasteiger partial charge on any atom is 0.161 e. The van der Waals surface area contributed by atoms with Crippen LogP contribution in [0.5, 0.6) is 0 Å². The third kappa shape index (κ3) is 3.33. The quantitative estimate of drug-likeness (QED) is 0.230. The lowest BCUT2D eigenvalue weighted by Gasteiger charge is -2.08. The number of hydrogen-bond acceptors (Lipinski definition) is 2. The second kappa shape index (κ2) is 8.48. The molecule has 0 saturated heterocycles. The molecule has 0 unspecified atom stereocenters. The van der Waals surface area contributed by atoms with Crippen LogP contribution in [0.1, 0.15) is 0 Å². The summed E-state index contributed by atoms with van der Waals surface area (Å²) in [4.78, 5) is 0. The van der Waals surface area contributed by atoms with Crippen LogP contribution < -0.4 is 0 Å². The fraction of sp³-hybridized carbons (Fsp3) is 0. The minimum absolute atomic E-state index is 0.891. The van der Waals surface area contributed by atoms with E-state index in [0.29, 0.717) is 0 Å². The summed E-state index contributed by atoms with van der Waals surface area (Å²) in [5.41, 5.74) is 11.6. The summed E-state index contributed by atoms with van der Waals surface area (Å²) in [6.07, 6.45) is 0. The highest BCUT2D eigenvalue weighted by Crippen LogP contribution is 2.40. The van der Waals surface area contributed by atoms with Gasteiger partial charge in [-0.25, -0.2) is 0 Å². The zero-order valence-corrected chi connectivity index (χ0v) is 22.0. The Morgan fingerprint density at radius 3 is 1.71 bits per heavy atom. The van der Waals surface area contributed by atoms with Crippen molar-refractivity contribution in [3.8, 4) is 27.9 Å². The summed E-state index contributed by atoms with van der Waals surface area (Å²) >= 11 is 0. The molecule has 3 heterocycles. The third-order valence-electron chi connectivity index (χ3n) is 8.22. The van der Waals surface area contributed by atoms with Crippen molar-refractivity contribution in [2.75, 3.05) is 0 Å². The normalized spacial score (nSPS) is 11.9. The van der Waals surface area contributed by atoms with Crippen LogP contribution >= 0.6 is 0 Å². The first-order valence-corrected chi connectivity index (χ1v) is 13.9. The van der Waals surface area contributed by atoms with Crippen molar-refractivity contribution in [1.29, 1.82) is 0 Å². The van der Waals surface area contributed by atoms with Gasteiger partial charge in [-0.1, -0.05) is 84.9 Å². The molecule has 41 heavy (non-hydrogen) atoms. The van der Waals surface area contributed by atoms with E-state index in [1.807, 2.05) is 12.1 Å². The highest BCUT2D eigenvalue weighted by atomic mass is 16.3. The summed E-state index contributed by atoms with van der Waals surface area (Å²) < 4.78 is 15.0. The van der Waals surface area contributed by atoms with Crippen LogP contribution in [0.3, 0.4) is 0 Å². The monoisotopic (exact) mass is 525 g/mol. The van der Waals surface area contributed by atoms with Crippen LogP contribution in [0.2, 0.25) is 0 Å². The van der Waals surface area contributed by atoms with E-state index in [9.17, 15) is 0 Å². The molecule has 0 fully saturated rings. The summed E-state index contributed by atoms with van der Waals surface area (Å²) in [5.74, 6) is 0. The average Bonchev–Trinajstić information content (AvgIpc) is 3.69. The van der Waals surface area contributed by atoms with E-state index in [0.717, 1.165) is 82.9 Å². The lowest BCUT2D eigenvalue weighted by Crippen LogP contribution is -1.92. The van der Waals surface area contributed by atoms with Gasteiger partial charge in [0, 0.05) is 27.2 Å². The highest BCUT2D eigenvalue weighted by molar-refractivity contribution is 6.16. The van der Waals surface area contributed by atoms with Gasteiger partial charge in [-0.3, -0.25) is 0 Å². The van der Waals surface area contributed by atoms with E-state index < -0.39 is 0 Å². The summed E-state index contributed by atoms with van der Waals surface area (Å²) in [5, 5.41) is 4.53. The molecule has 0 radical (unpaired) electrons. The topological polar surface area (TPSA) is 31.2 Å². The molecule has 0 N–H and O–H groups in total. The predicted molar refractivity (Wildman–Crippen MR) is 169 cm³/mol. The van der Waals surface area contributed by atoms with Crippen molar-refractivity contribution in [1.82, 2.24) is 4.57 Å². The lowest BCUT2D eigenvalue weighted by molar-refractivity contribution is 0.669. The summed E-state index contributed by atoms with van der Waals surface area (Å²) in [7, 11) is 0. The summed E-state index contributed by atoms with van der Waals surface area (Å²) in [6, 6.07) is 48.9. The number of aromatic nitrogens is 1. The van der Waals surface area contributed by atoms with Gasteiger partial charge >= 0.3 is 0 Å². The van der Waals surface area contributed by atoms with E-state index >= 15 is 0 Å². The molecule has 0 aliphatic rings. The van der Waals surface area contributed by atoms with E-state index in [-0.39, 0.29) is 0 Å². The van der Waals surface area contributed by atoms with E-state index in [2.05, 4.69) is 132 Å². The maximum atomic E-state index is 6.56. The Hall–Kier alpha value is -5.54. The number of fused-ring (bicyclic) bond motifs is 8. The SMILES string of the molecule is c1ccc(-n2c3ccccc3c3oc4cc(-c5ccc(-c6ccc7c(c6)oc6ccccc67)cc5)ccc4c32)cc1. The first kappa shape index (κ1) is 22.3. The Labute approximate surface area is 235 Å². The molecule has 0 saturated carbocycles. The highest BCUT2D eigenvalue weighted by Gasteiger charge is 2.19. The fourth-order valence-electron chi connectivity index (χ4n) is 6.25. The Bertz CT molecular complexity index is 2400. The molecule has 3 heteroatoms. The number of benzene rings is 6. The zero-order valence-electron chi connectivity index (χ0n) is 22.0. The number of para-hydroxylation sites is 3. The molecule has 9 aromatic rings. The molecule has 0 spiro atoms. The standard InChI is InChI=1S/C38H23NO2/c1-2-8-28(9-3-1)39-33-12-6-4-11-31(33)38-37(39)32-21-19-27(23-36(32)41-38)25-16-14-24(15-17-25)26-18-20-30-29-10-5-7-13-34(29)40-35(30)22-26/h1-23H. The molecule has 3 nitrogen and oxygen atoms in total. The van der Waals surface area contributed by atoms with Gasteiger partial charge < -0.3 is 13.4 Å². The Balaban J connectivity index is 1.13. The second-order valence-corrected chi connectivity index (χ2v) is 10.6. The van der Waals surface area contributed by atoms with Gasteiger partial charge in [0.25, 0.3) is 0 Å². The molecule has 0 bridgehead atoms. The minimum atomic E-state index is 0.891. The molecule has 9 rings (SSSR count). The molecule has 0 aliphatic heterocycles. The Kier molecular flexibility index (Phi) is 4.61. The van der Waals surface area contributed by atoms with Gasteiger partial charge in [0.1, 0.15) is 22.3 Å². The molecule has 0 amide bonds. The van der Waals surface area contributed by atoms with Crippen molar-refractivity contribution in [2.45, 2.75) is 0 Å². The van der Waals surface area contributed by atoms with Crippen LogP contribution in [0.25, 0.3) is 82.9 Å². The average molecular weight is 526 g/mol. The van der Waals surface area contributed by atoms with Crippen molar-refractivity contribution in [2.24, 2.45) is 0 Å². The number of hydrogen-bond donors (Lipinski definition) is 0. The molecule has 192 valence electrons. The number of nitrogens with zero attached hydrogens (tertiary/aromatic N) is 1. The molecule has 6 aromatic carbocycles. The third-order valence-corrected chi connectivity index (χ3v) is 8.22. The second-order valence-electron chi connectivity index (χ2n) is 10.6. The van der Waals surface area contributed by atoms with Gasteiger partial charge in [0.2, 0.25) is 0 Å². The minimum Gasteiger partial charge on any atom is -0.456 e. The van der Waals surface area contributed by atoms with Crippen LogP contribution in [0, 0.1) is 0 Å². The van der Waals surface area contributed by atoms with E-state index in [1.54, 1.807) is 0 Å². The molecule has 3 aromatic heterocycles. The van der Waals surface area contributed by atoms with E-state index in [1.165, 1.54) is 0 Å². The molecular formula is C38H23NO2. The maximum absolute atomic E-state index is 6.56. The first-order chi connectivity index (χ1) is 20.3. The van der Waals surface area contributed by atoms with Gasteiger partial charge in [-0.15, -0.1) is 0 Å². The Morgan fingerprint density at radius 1 is 0.390 bits per heavy atom. The number of furan rings is 2. The fourth-order valence-corrected chi connectivity index (χ4v) is 6.25. The molecule has 0 aliphatic carbocycles.